The smallest absolute Gasteiger partial charge is 0.0957 e. The van der Waals surface area contributed by atoms with E-state index in [2.05, 4.69) is 20.1 Å². The zero-order chi connectivity index (χ0) is 19.1. The maximum absolute atomic E-state index is 3.85. The minimum absolute atomic E-state index is 0. The van der Waals surface area contributed by atoms with E-state index in [1.165, 1.54) is 116 Å². The lowest BCUT2D eigenvalue weighted by Gasteiger charge is -2.15. The molecule has 0 aromatic rings. The van der Waals surface area contributed by atoms with Crippen LogP contribution < -0.4 is 17.3 Å². The van der Waals surface area contributed by atoms with E-state index in [-0.39, 0.29) is 12.4 Å². The monoisotopic (exact) mass is 399 g/mol. The van der Waals surface area contributed by atoms with Gasteiger partial charge in [0.15, 0.2) is 0 Å². The highest BCUT2D eigenvalue weighted by Crippen LogP contribution is 2.13. The Morgan fingerprint density at radius 2 is 0.815 bits per heavy atom. The largest absolute Gasteiger partial charge is 1.00 e. The molecular formula is C25H50ClN. The first-order valence-electron chi connectivity index (χ1n) is 11.9. The Hall–Kier alpha value is -0.270. The zero-order valence-corrected chi connectivity index (χ0v) is 19.3. The average Bonchev–Trinajstić information content (AvgIpc) is 2.64. The molecule has 0 atom stereocenters. The molecule has 0 aromatic carbocycles. The van der Waals surface area contributed by atoms with Crippen molar-refractivity contribution in [1.82, 2.24) is 0 Å². The second kappa shape index (κ2) is 25.7. The molecule has 0 aliphatic rings. The average molecular weight is 400 g/mol. The second-order valence-corrected chi connectivity index (χ2v) is 8.14. The van der Waals surface area contributed by atoms with Crippen LogP contribution in [0.2, 0.25) is 0 Å². The van der Waals surface area contributed by atoms with Crippen molar-refractivity contribution >= 4 is 0 Å². The van der Waals surface area contributed by atoms with Crippen molar-refractivity contribution < 1.29 is 17.3 Å². The Morgan fingerprint density at radius 1 is 0.519 bits per heavy atom. The number of nitrogens with one attached hydrogen (secondary N) is 1. The molecule has 27 heavy (non-hydrogen) atoms. The van der Waals surface area contributed by atoms with Gasteiger partial charge < -0.3 is 17.3 Å². The predicted octanol–water partition coefficient (Wildman–Crippen LogP) is 3.90. The lowest BCUT2D eigenvalue weighted by molar-refractivity contribution is -0.888. The van der Waals surface area contributed by atoms with Crippen LogP contribution in [-0.2, 0) is 0 Å². The quantitative estimate of drug-likeness (QED) is 0.208. The zero-order valence-electron chi connectivity index (χ0n) is 18.6. The Bertz CT molecular complexity index is 280. The van der Waals surface area contributed by atoms with Crippen molar-refractivity contribution in [3.63, 3.8) is 0 Å². The van der Waals surface area contributed by atoms with Gasteiger partial charge in [0.25, 0.3) is 0 Å². The molecule has 0 saturated heterocycles. The molecule has 0 aliphatic heterocycles. The molecule has 0 fully saturated rings. The highest BCUT2D eigenvalue weighted by Gasteiger charge is 2.03. The van der Waals surface area contributed by atoms with Crippen LogP contribution in [0, 0.1) is 0 Å². The molecule has 0 heterocycles. The van der Waals surface area contributed by atoms with Gasteiger partial charge in [-0.25, -0.2) is 0 Å². The van der Waals surface area contributed by atoms with E-state index in [0.717, 1.165) is 13.1 Å². The summed E-state index contributed by atoms with van der Waals surface area (Å²) in [6.07, 6.45) is 28.6. The van der Waals surface area contributed by atoms with E-state index in [1.807, 2.05) is 12.2 Å². The number of rotatable bonds is 22. The van der Waals surface area contributed by atoms with Crippen LogP contribution in [0.25, 0.3) is 0 Å². The van der Waals surface area contributed by atoms with Gasteiger partial charge in [-0.15, -0.1) is 0 Å². The third-order valence-corrected chi connectivity index (χ3v) is 5.50. The van der Waals surface area contributed by atoms with Gasteiger partial charge in [0.2, 0.25) is 0 Å². The molecule has 0 rings (SSSR count). The van der Waals surface area contributed by atoms with Crippen LogP contribution in [0.15, 0.2) is 25.3 Å². The van der Waals surface area contributed by atoms with Crippen LogP contribution in [0.1, 0.15) is 116 Å². The van der Waals surface area contributed by atoms with E-state index in [0.29, 0.717) is 0 Å². The molecule has 1 nitrogen and oxygen atoms in total. The summed E-state index contributed by atoms with van der Waals surface area (Å²) < 4.78 is 0. The topological polar surface area (TPSA) is 4.44 Å². The summed E-state index contributed by atoms with van der Waals surface area (Å²) in [7, 11) is 0. The van der Waals surface area contributed by atoms with E-state index in [1.54, 1.807) is 4.90 Å². The molecule has 0 radical (unpaired) electrons. The second-order valence-electron chi connectivity index (χ2n) is 8.14. The molecule has 0 aromatic heterocycles. The van der Waals surface area contributed by atoms with Crippen molar-refractivity contribution in [2.24, 2.45) is 0 Å². The van der Waals surface area contributed by atoms with Gasteiger partial charge in [-0.05, 0) is 25.0 Å². The number of halogens is 1. The van der Waals surface area contributed by atoms with Gasteiger partial charge >= 0.3 is 0 Å². The van der Waals surface area contributed by atoms with Crippen LogP contribution in [-0.4, -0.2) is 19.6 Å². The minimum atomic E-state index is 0. The van der Waals surface area contributed by atoms with Crippen molar-refractivity contribution in [3.8, 4) is 0 Å². The Labute approximate surface area is 178 Å². The molecule has 162 valence electrons. The summed E-state index contributed by atoms with van der Waals surface area (Å²) in [6.45, 7) is 13.4. The summed E-state index contributed by atoms with van der Waals surface area (Å²) in [5.74, 6) is 0. The van der Waals surface area contributed by atoms with Gasteiger partial charge in [-0.3, -0.25) is 0 Å². The summed E-state index contributed by atoms with van der Waals surface area (Å²) in [5.41, 5.74) is 0. The van der Waals surface area contributed by atoms with Crippen molar-refractivity contribution in [2.45, 2.75) is 116 Å². The fourth-order valence-electron chi connectivity index (χ4n) is 3.80. The maximum Gasteiger partial charge on any atom is 0.0957 e. The summed E-state index contributed by atoms with van der Waals surface area (Å²) in [4.78, 5) is 1.61. The highest BCUT2D eigenvalue weighted by atomic mass is 35.5. The molecule has 1 N–H and O–H groups in total. The van der Waals surface area contributed by atoms with Crippen molar-refractivity contribution in [3.05, 3.63) is 25.3 Å². The van der Waals surface area contributed by atoms with Crippen LogP contribution in [0.4, 0.5) is 0 Å². The summed E-state index contributed by atoms with van der Waals surface area (Å²) in [5, 5.41) is 0. The van der Waals surface area contributed by atoms with Crippen molar-refractivity contribution in [2.75, 3.05) is 19.6 Å². The maximum atomic E-state index is 3.85. The van der Waals surface area contributed by atoms with E-state index in [4.69, 9.17) is 0 Å². The first kappa shape index (κ1) is 28.9. The van der Waals surface area contributed by atoms with E-state index >= 15 is 0 Å². The predicted molar refractivity (Wildman–Crippen MR) is 120 cm³/mol. The van der Waals surface area contributed by atoms with E-state index < -0.39 is 0 Å². The van der Waals surface area contributed by atoms with Crippen molar-refractivity contribution in [1.29, 1.82) is 0 Å². The lowest BCUT2D eigenvalue weighted by atomic mass is 10.0. The van der Waals surface area contributed by atoms with Gasteiger partial charge in [0.05, 0.1) is 19.6 Å². The van der Waals surface area contributed by atoms with Crippen LogP contribution in [0.5, 0.6) is 0 Å². The van der Waals surface area contributed by atoms with Gasteiger partial charge in [-0.1, -0.05) is 116 Å². The molecule has 0 unspecified atom stereocenters. The Kier molecular flexibility index (Phi) is 27.6. The normalized spacial score (nSPS) is 10.7. The number of unbranched alkanes of at least 4 members (excludes halogenated alkanes) is 16. The first-order chi connectivity index (χ1) is 12.8. The standard InChI is InChI=1S/C25H49N.ClH/c1-4-7-8-9-10-11-12-13-14-15-16-17-18-19-20-21-22-25-26(23-5-2)24-6-3;/h5-6H,2-4,7-25H2,1H3;1H. The third kappa shape index (κ3) is 23.7. The fraction of sp³-hybridized carbons (Fsp3) is 0.840. The molecular weight excluding hydrogens is 350 g/mol. The van der Waals surface area contributed by atoms with E-state index in [9.17, 15) is 0 Å². The number of hydrogen-bond acceptors (Lipinski definition) is 0. The summed E-state index contributed by atoms with van der Waals surface area (Å²) >= 11 is 0. The Morgan fingerprint density at radius 3 is 1.11 bits per heavy atom. The lowest BCUT2D eigenvalue weighted by Crippen LogP contribution is -3.11. The van der Waals surface area contributed by atoms with Crippen LogP contribution >= 0.6 is 0 Å². The van der Waals surface area contributed by atoms with Gasteiger partial charge in [0.1, 0.15) is 0 Å². The number of quaternary nitrogens is 1. The number of hydrogen-bond donors (Lipinski definition) is 1. The van der Waals surface area contributed by atoms with Crippen LogP contribution in [0.3, 0.4) is 0 Å². The molecule has 0 amide bonds. The molecule has 2 heteroatoms. The Balaban J connectivity index is 0. The van der Waals surface area contributed by atoms with Gasteiger partial charge in [-0.2, -0.15) is 0 Å². The SMILES string of the molecule is C=CC[NH+](CC=C)CCCCCCCCCCCCCCCCCCC.[Cl-]. The third-order valence-electron chi connectivity index (χ3n) is 5.50. The highest BCUT2D eigenvalue weighted by molar-refractivity contribution is 4.67. The summed E-state index contributed by atoms with van der Waals surface area (Å²) in [6, 6.07) is 0. The minimum Gasteiger partial charge on any atom is -1.00 e. The molecule has 0 spiro atoms. The fourth-order valence-corrected chi connectivity index (χ4v) is 3.80. The molecule has 0 aliphatic carbocycles. The molecule has 0 saturated carbocycles. The van der Waals surface area contributed by atoms with Gasteiger partial charge in [0, 0.05) is 0 Å². The first-order valence-corrected chi connectivity index (χ1v) is 11.9. The molecule has 0 bridgehead atoms.